The van der Waals surface area contributed by atoms with Crippen molar-refractivity contribution in [2.24, 2.45) is 0 Å². The van der Waals surface area contributed by atoms with Gasteiger partial charge in [-0.2, -0.15) is 0 Å². The predicted octanol–water partition coefficient (Wildman–Crippen LogP) is 1.77. The number of nitrogens with one attached hydrogen (secondary N) is 2. The maximum Gasteiger partial charge on any atom is 0.242 e. The van der Waals surface area contributed by atoms with Crippen molar-refractivity contribution in [3.8, 4) is 0 Å². The summed E-state index contributed by atoms with van der Waals surface area (Å²) in [6.45, 7) is 2.53. The van der Waals surface area contributed by atoms with Crippen molar-refractivity contribution >= 4 is 32.9 Å². The summed E-state index contributed by atoms with van der Waals surface area (Å²) in [7, 11) is -0.654. The van der Waals surface area contributed by atoms with Crippen molar-refractivity contribution in [2.45, 2.75) is 37.6 Å². The second kappa shape index (κ2) is 10.1. The maximum atomic E-state index is 12.9. The Bertz CT molecular complexity index is 1270. The molecule has 9 nitrogen and oxygen atoms in total. The van der Waals surface area contributed by atoms with E-state index in [1.807, 2.05) is 11.5 Å². The van der Waals surface area contributed by atoms with Gasteiger partial charge in [-0.25, -0.2) is 22.1 Å². The summed E-state index contributed by atoms with van der Waals surface area (Å²) < 4.78 is 40.8. The second-order valence-corrected chi connectivity index (χ2v) is 9.76. The number of aryl methyl sites for hydroxylation is 2. The Hall–Kier alpha value is -3.31. The van der Waals surface area contributed by atoms with Crippen LogP contribution in [0.25, 0.3) is 11.0 Å². The molecule has 0 spiro atoms. The van der Waals surface area contributed by atoms with Crippen LogP contribution < -0.4 is 10.9 Å². The van der Waals surface area contributed by atoms with E-state index < -0.39 is 21.8 Å². The van der Waals surface area contributed by atoms with E-state index >= 15 is 0 Å². The third kappa shape index (κ3) is 5.74. The molecule has 0 fully saturated rings. The standard InChI is InChI=1S/C22H26FN5O4S/c1-4-28-19-10-9-17(33(31,32)27(2)3)14-18(19)24-20(28)11-12-21(29)25-26-22(30)13-15-5-7-16(23)8-6-15/h5-10,14H,4,11-13H2,1-3H3,(H,25,29)(H,26,30). The Balaban J connectivity index is 1.62. The fraction of sp³-hybridized carbons (Fsp3) is 0.318. The molecule has 33 heavy (non-hydrogen) atoms. The summed E-state index contributed by atoms with van der Waals surface area (Å²) in [4.78, 5) is 28.8. The van der Waals surface area contributed by atoms with E-state index in [-0.39, 0.29) is 23.6 Å². The highest BCUT2D eigenvalue weighted by atomic mass is 32.2. The smallest absolute Gasteiger partial charge is 0.242 e. The minimum Gasteiger partial charge on any atom is -0.328 e. The van der Waals surface area contributed by atoms with Crippen LogP contribution in [0.4, 0.5) is 4.39 Å². The van der Waals surface area contributed by atoms with E-state index in [1.165, 1.54) is 44.4 Å². The van der Waals surface area contributed by atoms with Crippen LogP contribution in [-0.4, -0.2) is 48.2 Å². The molecule has 1 heterocycles. The summed E-state index contributed by atoms with van der Waals surface area (Å²) in [6.07, 6.45) is 0.380. The van der Waals surface area contributed by atoms with Gasteiger partial charge in [0.25, 0.3) is 0 Å². The molecule has 3 rings (SSSR count). The zero-order valence-electron chi connectivity index (χ0n) is 18.6. The number of halogens is 1. The highest BCUT2D eigenvalue weighted by Gasteiger charge is 2.19. The van der Waals surface area contributed by atoms with Gasteiger partial charge in [0, 0.05) is 33.5 Å². The number of hydrazine groups is 1. The molecular weight excluding hydrogens is 449 g/mol. The molecule has 2 aromatic carbocycles. The summed E-state index contributed by atoms with van der Waals surface area (Å²) >= 11 is 0. The third-order valence-corrected chi connectivity index (χ3v) is 6.90. The van der Waals surface area contributed by atoms with Crippen molar-refractivity contribution in [1.29, 1.82) is 0 Å². The highest BCUT2D eigenvalue weighted by Crippen LogP contribution is 2.22. The van der Waals surface area contributed by atoms with Crippen molar-refractivity contribution in [1.82, 2.24) is 24.7 Å². The lowest BCUT2D eigenvalue weighted by molar-refractivity contribution is -0.128. The number of sulfonamides is 1. The maximum absolute atomic E-state index is 12.9. The summed E-state index contributed by atoms with van der Waals surface area (Å²) in [6, 6.07) is 10.3. The van der Waals surface area contributed by atoms with E-state index in [1.54, 1.807) is 12.1 Å². The number of hydrogen-bond acceptors (Lipinski definition) is 5. The highest BCUT2D eigenvalue weighted by molar-refractivity contribution is 7.89. The zero-order valence-corrected chi connectivity index (χ0v) is 19.4. The van der Waals surface area contributed by atoms with E-state index in [4.69, 9.17) is 0 Å². The summed E-state index contributed by atoms with van der Waals surface area (Å²) in [5, 5.41) is 0. The fourth-order valence-electron chi connectivity index (χ4n) is 3.33. The second-order valence-electron chi connectivity index (χ2n) is 7.61. The average molecular weight is 476 g/mol. The van der Waals surface area contributed by atoms with Crippen LogP contribution in [0.5, 0.6) is 0 Å². The van der Waals surface area contributed by atoms with Crippen molar-refractivity contribution in [2.75, 3.05) is 14.1 Å². The van der Waals surface area contributed by atoms with Crippen molar-refractivity contribution in [3.05, 3.63) is 59.7 Å². The summed E-state index contributed by atoms with van der Waals surface area (Å²) in [5.74, 6) is -0.570. The number of nitrogens with zero attached hydrogens (tertiary/aromatic N) is 3. The lowest BCUT2D eigenvalue weighted by Gasteiger charge is -2.11. The zero-order chi connectivity index (χ0) is 24.2. The average Bonchev–Trinajstić information content (AvgIpc) is 3.14. The number of imidazole rings is 1. The number of rotatable bonds is 8. The first-order chi connectivity index (χ1) is 15.6. The molecule has 2 N–H and O–H groups in total. The monoisotopic (exact) mass is 475 g/mol. The van der Waals surface area contributed by atoms with Gasteiger partial charge in [0.1, 0.15) is 11.6 Å². The molecule has 0 saturated heterocycles. The van der Waals surface area contributed by atoms with E-state index in [2.05, 4.69) is 15.8 Å². The molecular formula is C22H26FN5O4S. The van der Waals surface area contributed by atoms with Crippen LogP contribution in [-0.2, 0) is 39.0 Å². The normalized spacial score (nSPS) is 11.7. The minimum atomic E-state index is -3.58. The lowest BCUT2D eigenvalue weighted by Crippen LogP contribution is -2.42. The number of carbonyl (C=O) groups excluding carboxylic acids is 2. The molecule has 176 valence electrons. The molecule has 1 aromatic heterocycles. The van der Waals surface area contributed by atoms with Crippen molar-refractivity contribution in [3.63, 3.8) is 0 Å². The van der Waals surface area contributed by atoms with Crippen LogP contribution >= 0.6 is 0 Å². The van der Waals surface area contributed by atoms with Gasteiger partial charge in [-0.05, 0) is 42.8 Å². The molecule has 0 aliphatic heterocycles. The van der Waals surface area contributed by atoms with E-state index in [0.717, 1.165) is 9.82 Å². The lowest BCUT2D eigenvalue weighted by atomic mass is 10.1. The number of benzene rings is 2. The number of fused-ring (bicyclic) bond motifs is 1. The molecule has 0 bridgehead atoms. The fourth-order valence-corrected chi connectivity index (χ4v) is 4.26. The summed E-state index contributed by atoms with van der Waals surface area (Å²) in [5.41, 5.74) is 6.63. The van der Waals surface area contributed by atoms with Crippen molar-refractivity contribution < 1.29 is 22.4 Å². The Morgan fingerprint density at radius 3 is 2.36 bits per heavy atom. The molecule has 2 amide bonds. The third-order valence-electron chi connectivity index (χ3n) is 5.09. The SMILES string of the molecule is CCn1c(CCC(=O)NNC(=O)Cc2ccc(F)cc2)nc2cc(S(=O)(=O)N(C)C)ccc21. The molecule has 0 aliphatic rings. The molecule has 0 aliphatic carbocycles. The first kappa shape index (κ1) is 24.3. The molecule has 0 atom stereocenters. The number of hydrogen-bond donors (Lipinski definition) is 2. The molecule has 3 aromatic rings. The Kier molecular flexibility index (Phi) is 7.44. The molecule has 11 heteroatoms. The van der Waals surface area contributed by atoms with Gasteiger partial charge in [-0.15, -0.1) is 0 Å². The van der Waals surface area contributed by atoms with Gasteiger partial charge in [0.15, 0.2) is 0 Å². The molecule has 0 saturated carbocycles. The van der Waals surface area contributed by atoms with E-state index in [0.29, 0.717) is 29.9 Å². The van der Waals surface area contributed by atoms with Gasteiger partial charge < -0.3 is 4.57 Å². The van der Waals surface area contributed by atoms with Crippen LogP contribution in [0.3, 0.4) is 0 Å². The van der Waals surface area contributed by atoms with Gasteiger partial charge in [0.05, 0.1) is 22.3 Å². The first-order valence-corrected chi connectivity index (χ1v) is 11.8. The minimum absolute atomic E-state index is 0.00435. The van der Waals surface area contributed by atoms with Crippen LogP contribution in [0.1, 0.15) is 24.7 Å². The Labute approximate surface area is 191 Å². The topological polar surface area (TPSA) is 113 Å². The van der Waals surface area contributed by atoms with Gasteiger partial charge in [0.2, 0.25) is 21.8 Å². The van der Waals surface area contributed by atoms with E-state index in [9.17, 15) is 22.4 Å². The van der Waals surface area contributed by atoms with Crippen LogP contribution in [0.15, 0.2) is 47.4 Å². The quantitative estimate of drug-likeness (QED) is 0.482. The largest absolute Gasteiger partial charge is 0.328 e. The molecule has 0 unspecified atom stereocenters. The molecule has 0 radical (unpaired) electrons. The first-order valence-electron chi connectivity index (χ1n) is 10.4. The predicted molar refractivity (Wildman–Crippen MR) is 121 cm³/mol. The number of carbonyl (C=O) groups is 2. The Morgan fingerprint density at radius 1 is 1.06 bits per heavy atom. The Morgan fingerprint density at radius 2 is 1.73 bits per heavy atom. The number of amides is 2. The van der Waals surface area contributed by atoms with Gasteiger partial charge in [-0.1, -0.05) is 12.1 Å². The van der Waals surface area contributed by atoms with Crippen LogP contribution in [0.2, 0.25) is 0 Å². The van der Waals surface area contributed by atoms with Crippen LogP contribution in [0, 0.1) is 5.82 Å². The number of aromatic nitrogens is 2. The van der Waals surface area contributed by atoms with Gasteiger partial charge in [-0.3, -0.25) is 20.4 Å². The van der Waals surface area contributed by atoms with Gasteiger partial charge >= 0.3 is 0 Å².